The molecule has 2 amide bonds. The van der Waals surface area contributed by atoms with Gasteiger partial charge in [-0.05, 0) is 73.4 Å². The van der Waals surface area contributed by atoms with Crippen LogP contribution in [0.5, 0.6) is 0 Å². The van der Waals surface area contributed by atoms with E-state index in [1.807, 2.05) is 57.2 Å². The molecule has 0 aromatic heterocycles. The summed E-state index contributed by atoms with van der Waals surface area (Å²) in [7, 11) is -4.19. The summed E-state index contributed by atoms with van der Waals surface area (Å²) in [5.41, 5.74) is 3.32. The maximum Gasteiger partial charge on any atom is 0.264 e. The predicted octanol–water partition coefficient (Wildman–Crippen LogP) is 7.36. The van der Waals surface area contributed by atoms with Gasteiger partial charge in [0.2, 0.25) is 11.8 Å². The maximum absolute atomic E-state index is 14.6. The van der Waals surface area contributed by atoms with Crippen LogP contribution >= 0.6 is 23.2 Å². The van der Waals surface area contributed by atoms with Crippen LogP contribution in [-0.2, 0) is 32.6 Å². The van der Waals surface area contributed by atoms with Crippen LogP contribution in [0.2, 0.25) is 10.0 Å². The molecule has 0 saturated carbocycles. The molecule has 4 rings (SSSR count). The first-order chi connectivity index (χ1) is 22.0. The molecular weight excluding hydrogens is 641 g/mol. The quantitative estimate of drug-likeness (QED) is 0.141. The minimum absolute atomic E-state index is 0.0424. The summed E-state index contributed by atoms with van der Waals surface area (Å²) in [5.74, 6) is -0.932. The lowest BCUT2D eigenvalue weighted by Crippen LogP contribution is -2.53. The van der Waals surface area contributed by atoms with E-state index in [1.54, 1.807) is 48.5 Å². The molecule has 0 aliphatic rings. The second kappa shape index (κ2) is 16.1. The van der Waals surface area contributed by atoms with E-state index in [1.165, 1.54) is 17.0 Å². The van der Waals surface area contributed by atoms with Crippen molar-refractivity contribution in [1.82, 2.24) is 10.2 Å². The number of unbranched alkanes of at least 4 members (excludes halogenated alkanes) is 1. The Labute approximate surface area is 282 Å². The van der Waals surface area contributed by atoms with Crippen LogP contribution in [-0.4, -0.2) is 44.3 Å². The number of nitrogens with zero attached hydrogens (tertiary/aromatic N) is 2. The van der Waals surface area contributed by atoms with Gasteiger partial charge in [0.15, 0.2) is 0 Å². The zero-order valence-corrected chi connectivity index (χ0v) is 28.6. The Kier molecular flexibility index (Phi) is 12.3. The van der Waals surface area contributed by atoms with E-state index in [9.17, 15) is 18.0 Å². The average Bonchev–Trinajstić information content (AvgIpc) is 3.03. The van der Waals surface area contributed by atoms with Crippen molar-refractivity contribution in [3.8, 4) is 0 Å². The molecule has 7 nitrogen and oxygen atoms in total. The Hall–Kier alpha value is -3.85. The highest BCUT2D eigenvalue weighted by Crippen LogP contribution is 2.29. The normalized spacial score (nSPS) is 11.9. The van der Waals surface area contributed by atoms with Crippen LogP contribution in [0.1, 0.15) is 42.0 Å². The number of aryl methyl sites for hydroxylation is 2. The molecule has 1 unspecified atom stereocenters. The number of halogens is 2. The third kappa shape index (κ3) is 8.90. The SMILES string of the molecule is CCCCNC(=O)C(Cc1ccccc1)N(Cc1c(Cl)cccc1Cl)C(=O)CN(c1cc(C)cc(C)c1)S(=O)(=O)c1ccccc1. The monoisotopic (exact) mass is 679 g/mol. The van der Waals surface area contributed by atoms with E-state index >= 15 is 0 Å². The Morgan fingerprint density at radius 2 is 1.41 bits per heavy atom. The lowest BCUT2D eigenvalue weighted by molar-refractivity contribution is -0.140. The topological polar surface area (TPSA) is 86.8 Å². The van der Waals surface area contributed by atoms with Gasteiger partial charge in [-0.2, -0.15) is 0 Å². The van der Waals surface area contributed by atoms with E-state index in [0.29, 0.717) is 27.8 Å². The second-order valence-corrected chi connectivity index (χ2v) is 13.9. The average molecular weight is 681 g/mol. The summed E-state index contributed by atoms with van der Waals surface area (Å²) in [6, 6.07) is 26.8. The number of amides is 2. The van der Waals surface area contributed by atoms with Crippen molar-refractivity contribution >= 4 is 50.7 Å². The van der Waals surface area contributed by atoms with Gasteiger partial charge in [0, 0.05) is 35.1 Å². The number of nitrogens with one attached hydrogen (secondary N) is 1. The first-order valence-corrected chi connectivity index (χ1v) is 17.4. The molecule has 46 heavy (non-hydrogen) atoms. The Morgan fingerprint density at radius 1 is 0.826 bits per heavy atom. The number of rotatable bonds is 14. The van der Waals surface area contributed by atoms with E-state index in [4.69, 9.17) is 23.2 Å². The van der Waals surface area contributed by atoms with Crippen molar-refractivity contribution in [1.29, 1.82) is 0 Å². The Morgan fingerprint density at radius 3 is 2.00 bits per heavy atom. The first kappa shape index (κ1) is 35.0. The van der Waals surface area contributed by atoms with Gasteiger partial charge in [-0.25, -0.2) is 8.42 Å². The molecule has 0 aliphatic carbocycles. The molecule has 0 spiro atoms. The summed E-state index contributed by atoms with van der Waals surface area (Å²) in [5, 5.41) is 3.64. The minimum atomic E-state index is -4.19. The molecule has 1 N–H and O–H groups in total. The summed E-state index contributed by atoms with van der Waals surface area (Å²) in [4.78, 5) is 30.0. The molecule has 0 fully saturated rings. The van der Waals surface area contributed by atoms with Crippen molar-refractivity contribution in [2.75, 3.05) is 17.4 Å². The van der Waals surface area contributed by atoms with Gasteiger partial charge < -0.3 is 10.2 Å². The lowest BCUT2D eigenvalue weighted by Gasteiger charge is -2.34. The van der Waals surface area contributed by atoms with Crippen molar-refractivity contribution < 1.29 is 18.0 Å². The van der Waals surface area contributed by atoms with Gasteiger partial charge in [-0.15, -0.1) is 0 Å². The Bertz CT molecular complexity index is 1710. The van der Waals surface area contributed by atoms with E-state index in [2.05, 4.69) is 5.32 Å². The molecule has 242 valence electrons. The fraction of sp³-hybridized carbons (Fsp3) is 0.278. The fourth-order valence-electron chi connectivity index (χ4n) is 5.26. The van der Waals surface area contributed by atoms with Crippen molar-refractivity contribution in [3.05, 3.63) is 129 Å². The molecule has 0 radical (unpaired) electrons. The molecule has 0 aliphatic heterocycles. The van der Waals surface area contributed by atoms with Crippen molar-refractivity contribution in [2.45, 2.75) is 57.5 Å². The van der Waals surface area contributed by atoms with E-state index in [0.717, 1.165) is 33.8 Å². The minimum Gasteiger partial charge on any atom is -0.354 e. The zero-order valence-electron chi connectivity index (χ0n) is 26.2. The molecule has 4 aromatic carbocycles. The Balaban J connectivity index is 1.84. The highest BCUT2D eigenvalue weighted by Gasteiger charge is 2.35. The second-order valence-electron chi connectivity index (χ2n) is 11.2. The number of carbonyl (C=O) groups is 2. The largest absolute Gasteiger partial charge is 0.354 e. The smallest absolute Gasteiger partial charge is 0.264 e. The highest BCUT2D eigenvalue weighted by molar-refractivity contribution is 7.92. The fourth-order valence-corrected chi connectivity index (χ4v) is 7.19. The number of anilines is 1. The summed E-state index contributed by atoms with van der Waals surface area (Å²) in [6.07, 6.45) is 1.84. The van der Waals surface area contributed by atoms with Gasteiger partial charge >= 0.3 is 0 Å². The maximum atomic E-state index is 14.6. The molecule has 0 saturated heterocycles. The van der Waals surface area contributed by atoms with Gasteiger partial charge in [0.05, 0.1) is 10.6 Å². The molecule has 0 bridgehead atoms. The van der Waals surface area contributed by atoms with Crippen LogP contribution in [0.15, 0.2) is 102 Å². The van der Waals surface area contributed by atoms with E-state index in [-0.39, 0.29) is 23.8 Å². The number of sulfonamides is 1. The molecule has 4 aromatic rings. The number of hydrogen-bond donors (Lipinski definition) is 1. The molecule has 1 atom stereocenters. The number of benzene rings is 4. The van der Waals surface area contributed by atoms with Crippen LogP contribution in [0.25, 0.3) is 0 Å². The number of carbonyl (C=O) groups excluding carboxylic acids is 2. The van der Waals surface area contributed by atoms with Crippen molar-refractivity contribution in [2.24, 2.45) is 0 Å². The zero-order chi connectivity index (χ0) is 33.3. The van der Waals surface area contributed by atoms with Crippen LogP contribution in [0, 0.1) is 13.8 Å². The predicted molar refractivity (Wildman–Crippen MR) is 186 cm³/mol. The molecule has 10 heteroatoms. The standard InChI is InChI=1S/C36H39Cl2N3O4S/c1-4-5-19-39-36(43)34(23-28-13-8-6-9-14-28)40(24-31-32(37)17-12-18-33(31)38)35(42)25-41(29-21-26(2)20-27(3)22-29)46(44,45)30-15-10-7-11-16-30/h6-18,20-22,34H,4-5,19,23-25H2,1-3H3,(H,39,43). The first-order valence-electron chi connectivity index (χ1n) is 15.2. The number of hydrogen-bond acceptors (Lipinski definition) is 4. The summed E-state index contributed by atoms with van der Waals surface area (Å²) in [6.45, 7) is 5.53. The van der Waals surface area contributed by atoms with Gasteiger partial charge in [0.1, 0.15) is 12.6 Å². The lowest BCUT2D eigenvalue weighted by atomic mass is 10.0. The van der Waals surface area contributed by atoms with Crippen LogP contribution in [0.4, 0.5) is 5.69 Å². The third-order valence-corrected chi connectivity index (χ3v) is 10.1. The summed E-state index contributed by atoms with van der Waals surface area (Å²) < 4.78 is 29.5. The van der Waals surface area contributed by atoms with E-state index < -0.39 is 28.5 Å². The van der Waals surface area contributed by atoms with Crippen LogP contribution in [0.3, 0.4) is 0 Å². The third-order valence-electron chi connectivity index (χ3n) is 7.60. The highest BCUT2D eigenvalue weighted by atomic mass is 35.5. The van der Waals surface area contributed by atoms with Gasteiger partial charge in [0.25, 0.3) is 10.0 Å². The molecular formula is C36H39Cl2N3O4S. The van der Waals surface area contributed by atoms with Gasteiger partial charge in [-0.1, -0.05) is 97.2 Å². The molecule has 0 heterocycles. The van der Waals surface area contributed by atoms with Crippen LogP contribution < -0.4 is 9.62 Å². The summed E-state index contributed by atoms with van der Waals surface area (Å²) >= 11 is 13.2. The van der Waals surface area contributed by atoms with Crippen molar-refractivity contribution in [3.63, 3.8) is 0 Å². The van der Waals surface area contributed by atoms with Gasteiger partial charge in [-0.3, -0.25) is 13.9 Å².